The third-order valence-corrected chi connectivity index (χ3v) is 4.01. The van der Waals surface area contributed by atoms with E-state index in [9.17, 15) is 9.90 Å². The highest BCUT2D eigenvalue weighted by Gasteiger charge is 2.37. The van der Waals surface area contributed by atoms with Crippen molar-refractivity contribution in [2.75, 3.05) is 5.43 Å². The maximum absolute atomic E-state index is 10.8. The lowest BCUT2D eigenvalue weighted by molar-refractivity contribution is -0.255. The van der Waals surface area contributed by atoms with Crippen LogP contribution < -0.4 is 10.5 Å². The SMILES string of the molecule is O=C([O-])c1ccc(Cl)c(N/N=C2/C[C@H]3C=CC[C@@H]23)c1. The van der Waals surface area contributed by atoms with Crippen LogP contribution in [0.15, 0.2) is 35.5 Å². The molecule has 1 fully saturated rings. The minimum absolute atomic E-state index is 0.0844. The smallest absolute Gasteiger partial charge is 0.0754 e. The molecular weight excluding hydrogens is 264 g/mol. The second kappa shape index (κ2) is 4.70. The van der Waals surface area contributed by atoms with Crippen LogP contribution in [-0.2, 0) is 0 Å². The number of hydrogen-bond donors (Lipinski definition) is 1. The summed E-state index contributed by atoms with van der Waals surface area (Å²) in [6, 6.07) is 4.37. The molecule has 0 aromatic heterocycles. The molecule has 0 bridgehead atoms. The zero-order valence-corrected chi connectivity index (χ0v) is 10.9. The Hall–Kier alpha value is -1.81. The molecule has 4 nitrogen and oxygen atoms in total. The number of nitrogens with one attached hydrogen (secondary N) is 1. The number of rotatable bonds is 3. The first-order valence-corrected chi connectivity index (χ1v) is 6.53. The molecule has 1 aromatic carbocycles. The van der Waals surface area contributed by atoms with Gasteiger partial charge in [0.1, 0.15) is 0 Å². The molecule has 1 N–H and O–H groups in total. The van der Waals surface area contributed by atoms with Crippen molar-refractivity contribution in [2.24, 2.45) is 16.9 Å². The van der Waals surface area contributed by atoms with Gasteiger partial charge in [0.15, 0.2) is 0 Å². The van der Waals surface area contributed by atoms with Crippen LogP contribution in [0.4, 0.5) is 5.69 Å². The summed E-state index contributed by atoms with van der Waals surface area (Å²) in [6.07, 6.45) is 6.42. The number of benzene rings is 1. The van der Waals surface area contributed by atoms with Crippen LogP contribution in [0.1, 0.15) is 23.2 Å². The van der Waals surface area contributed by atoms with Crippen molar-refractivity contribution in [1.29, 1.82) is 0 Å². The third kappa shape index (κ3) is 2.24. The van der Waals surface area contributed by atoms with Crippen molar-refractivity contribution in [3.63, 3.8) is 0 Å². The lowest BCUT2D eigenvalue weighted by atomic mass is 9.74. The molecule has 0 heterocycles. The van der Waals surface area contributed by atoms with Crippen molar-refractivity contribution in [3.05, 3.63) is 40.9 Å². The van der Waals surface area contributed by atoms with Crippen LogP contribution in [0.2, 0.25) is 5.02 Å². The number of hydrazone groups is 1. The van der Waals surface area contributed by atoms with E-state index < -0.39 is 5.97 Å². The van der Waals surface area contributed by atoms with Gasteiger partial charge in [0.2, 0.25) is 0 Å². The van der Waals surface area contributed by atoms with E-state index in [1.165, 1.54) is 18.2 Å². The lowest BCUT2D eigenvalue weighted by Gasteiger charge is -2.32. The second-order valence-corrected chi connectivity index (χ2v) is 5.24. The minimum atomic E-state index is -1.23. The van der Waals surface area contributed by atoms with Gasteiger partial charge in [-0.2, -0.15) is 5.10 Å². The number of carbonyl (C=O) groups excluding carboxylic acids is 1. The predicted octanol–water partition coefficient (Wildman–Crippen LogP) is 2.07. The molecule has 1 saturated carbocycles. The number of allylic oxidation sites excluding steroid dienone is 2. The van der Waals surface area contributed by atoms with Gasteiger partial charge in [0, 0.05) is 11.6 Å². The average Bonchev–Trinajstić information content (AvgIpc) is 2.73. The molecule has 19 heavy (non-hydrogen) atoms. The van der Waals surface area contributed by atoms with Gasteiger partial charge in [-0.05, 0) is 36.5 Å². The summed E-state index contributed by atoms with van der Waals surface area (Å²) in [5.41, 5.74) is 4.55. The van der Waals surface area contributed by atoms with Crippen LogP contribution in [0, 0.1) is 11.8 Å². The lowest BCUT2D eigenvalue weighted by Crippen LogP contribution is -2.33. The number of carboxylic acids is 1. The number of aromatic carboxylic acids is 1. The number of carboxylic acid groups (broad SMARTS) is 1. The summed E-state index contributed by atoms with van der Waals surface area (Å²) in [4.78, 5) is 10.8. The third-order valence-electron chi connectivity index (χ3n) is 3.68. The van der Waals surface area contributed by atoms with Gasteiger partial charge >= 0.3 is 0 Å². The maximum atomic E-state index is 10.8. The van der Waals surface area contributed by atoms with Crippen molar-refractivity contribution in [2.45, 2.75) is 12.8 Å². The topological polar surface area (TPSA) is 64.5 Å². The zero-order chi connectivity index (χ0) is 13.4. The summed E-state index contributed by atoms with van der Waals surface area (Å²) < 4.78 is 0. The molecule has 1 aromatic rings. The number of fused-ring (bicyclic) bond motifs is 1. The van der Waals surface area contributed by atoms with E-state index in [-0.39, 0.29) is 5.56 Å². The highest BCUT2D eigenvalue weighted by Crippen LogP contribution is 2.40. The highest BCUT2D eigenvalue weighted by molar-refractivity contribution is 6.33. The van der Waals surface area contributed by atoms with Gasteiger partial charge in [0.05, 0.1) is 16.7 Å². The number of carbonyl (C=O) groups is 1. The molecule has 0 amide bonds. The first-order chi connectivity index (χ1) is 9.15. The first kappa shape index (κ1) is 12.2. The van der Waals surface area contributed by atoms with Crippen molar-refractivity contribution in [3.8, 4) is 0 Å². The van der Waals surface area contributed by atoms with Crippen LogP contribution in [0.3, 0.4) is 0 Å². The van der Waals surface area contributed by atoms with Gasteiger partial charge < -0.3 is 9.90 Å². The van der Waals surface area contributed by atoms with Crippen LogP contribution >= 0.6 is 11.6 Å². The molecule has 0 saturated heterocycles. The normalized spacial score (nSPS) is 26.1. The number of halogens is 1. The monoisotopic (exact) mass is 275 g/mol. The van der Waals surface area contributed by atoms with E-state index >= 15 is 0 Å². The minimum Gasteiger partial charge on any atom is -0.545 e. The Bertz CT molecular complexity index is 595. The van der Waals surface area contributed by atoms with E-state index in [0.29, 0.717) is 22.5 Å². The summed E-state index contributed by atoms with van der Waals surface area (Å²) >= 11 is 6.00. The summed E-state index contributed by atoms with van der Waals surface area (Å²) in [5.74, 6) is -0.0859. The molecule has 0 aliphatic heterocycles. The first-order valence-electron chi connectivity index (χ1n) is 6.15. The second-order valence-electron chi connectivity index (χ2n) is 4.84. The van der Waals surface area contributed by atoms with Gasteiger partial charge in [-0.3, -0.25) is 5.43 Å². The van der Waals surface area contributed by atoms with E-state index in [4.69, 9.17) is 11.6 Å². The Morgan fingerprint density at radius 3 is 3.05 bits per heavy atom. The number of anilines is 1. The van der Waals surface area contributed by atoms with Crippen LogP contribution in [0.25, 0.3) is 0 Å². The molecule has 3 rings (SSSR count). The van der Waals surface area contributed by atoms with Crippen LogP contribution in [-0.4, -0.2) is 11.7 Å². The average molecular weight is 276 g/mol. The molecular formula is C14H12ClN2O2-. The molecule has 2 atom stereocenters. The van der Waals surface area contributed by atoms with Crippen molar-refractivity contribution in [1.82, 2.24) is 0 Å². The maximum Gasteiger partial charge on any atom is 0.0754 e. The Balaban J connectivity index is 1.75. The van der Waals surface area contributed by atoms with Gasteiger partial charge in [-0.1, -0.05) is 29.8 Å². The Kier molecular flexibility index (Phi) is 3.03. The van der Waals surface area contributed by atoms with Crippen molar-refractivity contribution >= 4 is 29.0 Å². The molecule has 2 aliphatic carbocycles. The van der Waals surface area contributed by atoms with Gasteiger partial charge in [-0.25, -0.2) is 0 Å². The predicted molar refractivity (Wildman–Crippen MR) is 72.2 cm³/mol. The molecule has 0 unspecified atom stereocenters. The Morgan fingerprint density at radius 1 is 1.47 bits per heavy atom. The zero-order valence-electron chi connectivity index (χ0n) is 10.1. The van der Waals surface area contributed by atoms with Gasteiger partial charge in [-0.15, -0.1) is 0 Å². The van der Waals surface area contributed by atoms with E-state index in [0.717, 1.165) is 18.6 Å². The highest BCUT2D eigenvalue weighted by atomic mass is 35.5. The van der Waals surface area contributed by atoms with E-state index in [2.05, 4.69) is 22.7 Å². The standard InChI is InChI=1S/C14H13ClN2O2/c15-11-5-4-9(14(18)19)7-13(11)17-16-12-6-8-2-1-3-10(8)12/h1-2,4-5,7-8,10,17H,3,6H2,(H,18,19)/p-1/b16-12-/t8-,10-/m1/s1. The molecule has 0 spiro atoms. The number of hydrogen-bond acceptors (Lipinski definition) is 4. The molecule has 0 radical (unpaired) electrons. The summed E-state index contributed by atoms with van der Waals surface area (Å²) in [5, 5.41) is 15.6. The number of nitrogens with zero attached hydrogens (tertiary/aromatic N) is 1. The molecule has 2 aliphatic rings. The summed E-state index contributed by atoms with van der Waals surface area (Å²) in [7, 11) is 0. The fourth-order valence-corrected chi connectivity index (χ4v) is 2.69. The fourth-order valence-electron chi connectivity index (χ4n) is 2.53. The Morgan fingerprint density at radius 2 is 2.32 bits per heavy atom. The van der Waals surface area contributed by atoms with Gasteiger partial charge in [0.25, 0.3) is 0 Å². The Labute approximate surface area is 115 Å². The largest absolute Gasteiger partial charge is 0.545 e. The van der Waals surface area contributed by atoms with Crippen LogP contribution in [0.5, 0.6) is 0 Å². The van der Waals surface area contributed by atoms with E-state index in [1.54, 1.807) is 0 Å². The fraction of sp³-hybridized carbons (Fsp3) is 0.286. The summed E-state index contributed by atoms with van der Waals surface area (Å²) in [6.45, 7) is 0. The van der Waals surface area contributed by atoms with Crippen molar-refractivity contribution < 1.29 is 9.90 Å². The molecule has 98 valence electrons. The quantitative estimate of drug-likeness (QED) is 0.678. The van der Waals surface area contributed by atoms with E-state index in [1.807, 2.05) is 0 Å². The molecule has 5 heteroatoms.